The van der Waals surface area contributed by atoms with Crippen molar-refractivity contribution in [2.75, 3.05) is 5.32 Å². The molecule has 0 saturated carbocycles. The maximum Gasteiger partial charge on any atom is 0.388 e. The second-order valence-corrected chi connectivity index (χ2v) is 6.33. The molecule has 150 valence electrons. The van der Waals surface area contributed by atoms with Gasteiger partial charge in [-0.15, -0.1) is 0 Å². The summed E-state index contributed by atoms with van der Waals surface area (Å²) < 4.78 is 44.7. The predicted molar refractivity (Wildman–Crippen MR) is 98.8 cm³/mol. The number of hydrogen-bond acceptors (Lipinski definition) is 6. The van der Waals surface area contributed by atoms with E-state index in [1.807, 2.05) is 13.8 Å². The summed E-state index contributed by atoms with van der Waals surface area (Å²) in [6.45, 7) is 0.723. The van der Waals surface area contributed by atoms with Gasteiger partial charge in [-0.05, 0) is 31.5 Å². The standard InChI is InChI=1S/C18H16F3N7O/c1-9-6-12(24-13-7-14(27-26-13)29-18(20)21)25-17-15(9)23-8-28(17)10(2)11-4-3-5-22-16(11)19/h3-8,10,18H,1-2H3,(H2,24,25,26,27)/t10-/m0/s1. The van der Waals surface area contributed by atoms with Gasteiger partial charge in [0, 0.05) is 17.8 Å². The number of aromatic nitrogens is 6. The Morgan fingerprint density at radius 3 is 2.79 bits per heavy atom. The molecule has 0 unspecified atom stereocenters. The Bertz CT molecular complexity index is 1160. The number of aryl methyl sites for hydroxylation is 1. The third-order valence-corrected chi connectivity index (χ3v) is 4.40. The molecule has 0 radical (unpaired) electrons. The summed E-state index contributed by atoms with van der Waals surface area (Å²) in [7, 11) is 0. The predicted octanol–water partition coefficient (Wildman–Crippen LogP) is 3.95. The lowest BCUT2D eigenvalue weighted by atomic mass is 10.1. The van der Waals surface area contributed by atoms with E-state index in [0.29, 0.717) is 22.5 Å². The van der Waals surface area contributed by atoms with E-state index in [4.69, 9.17) is 0 Å². The van der Waals surface area contributed by atoms with Crippen LogP contribution in [0.2, 0.25) is 0 Å². The number of rotatable bonds is 6. The first-order valence-corrected chi connectivity index (χ1v) is 8.64. The first kappa shape index (κ1) is 18.7. The number of nitrogens with zero attached hydrogens (tertiary/aromatic N) is 5. The molecule has 4 aromatic heterocycles. The van der Waals surface area contributed by atoms with Crippen LogP contribution in [0.25, 0.3) is 11.2 Å². The molecular weight excluding hydrogens is 387 g/mol. The van der Waals surface area contributed by atoms with Crippen molar-refractivity contribution < 1.29 is 17.9 Å². The van der Waals surface area contributed by atoms with E-state index in [-0.39, 0.29) is 11.7 Å². The van der Waals surface area contributed by atoms with E-state index in [1.165, 1.54) is 12.3 Å². The number of aromatic amines is 1. The Balaban J connectivity index is 1.68. The van der Waals surface area contributed by atoms with Crippen LogP contribution in [-0.2, 0) is 0 Å². The summed E-state index contributed by atoms with van der Waals surface area (Å²) >= 11 is 0. The van der Waals surface area contributed by atoms with Crippen LogP contribution >= 0.6 is 0 Å². The van der Waals surface area contributed by atoms with Crippen molar-refractivity contribution in [2.45, 2.75) is 26.5 Å². The van der Waals surface area contributed by atoms with Gasteiger partial charge in [-0.1, -0.05) is 6.07 Å². The summed E-state index contributed by atoms with van der Waals surface area (Å²) in [5, 5.41) is 9.15. The Kier molecular flexibility index (Phi) is 4.79. The monoisotopic (exact) mass is 403 g/mol. The number of imidazole rings is 1. The quantitative estimate of drug-likeness (QED) is 0.474. The topological polar surface area (TPSA) is 93.5 Å². The molecule has 2 N–H and O–H groups in total. The number of ether oxygens (including phenoxy) is 1. The molecule has 4 heterocycles. The lowest BCUT2D eigenvalue weighted by Gasteiger charge is -2.15. The number of halogens is 3. The molecular formula is C18H16F3N7O. The van der Waals surface area contributed by atoms with Gasteiger partial charge in [0.05, 0.1) is 12.4 Å². The average molecular weight is 403 g/mol. The molecule has 1 atom stereocenters. The van der Waals surface area contributed by atoms with Crippen molar-refractivity contribution in [2.24, 2.45) is 0 Å². The van der Waals surface area contributed by atoms with Crippen LogP contribution in [0.3, 0.4) is 0 Å². The van der Waals surface area contributed by atoms with Gasteiger partial charge in [-0.25, -0.2) is 20.1 Å². The third-order valence-electron chi connectivity index (χ3n) is 4.40. The lowest BCUT2D eigenvalue weighted by molar-refractivity contribution is -0.0528. The summed E-state index contributed by atoms with van der Waals surface area (Å²) in [6, 6.07) is 5.96. The highest BCUT2D eigenvalue weighted by Gasteiger charge is 2.18. The maximum atomic E-state index is 14.1. The number of alkyl halides is 2. The normalized spacial score (nSPS) is 12.5. The molecule has 0 bridgehead atoms. The van der Waals surface area contributed by atoms with Crippen LogP contribution in [-0.4, -0.2) is 36.3 Å². The SMILES string of the molecule is Cc1cc(Nc2cc(OC(F)F)[nH]n2)nc2c1ncn2[C@@H](C)c1cccnc1F. The zero-order chi connectivity index (χ0) is 20.5. The molecule has 0 aliphatic rings. The number of nitrogens with one attached hydrogen (secondary N) is 2. The molecule has 0 aromatic carbocycles. The van der Waals surface area contributed by atoms with E-state index in [2.05, 4.69) is 35.2 Å². The van der Waals surface area contributed by atoms with Crippen LogP contribution in [0.15, 0.2) is 36.8 Å². The minimum atomic E-state index is -2.95. The number of H-pyrrole nitrogens is 1. The molecule has 0 aliphatic heterocycles. The van der Waals surface area contributed by atoms with E-state index in [9.17, 15) is 13.2 Å². The molecule has 29 heavy (non-hydrogen) atoms. The maximum absolute atomic E-state index is 14.1. The molecule has 0 fully saturated rings. The first-order chi connectivity index (χ1) is 13.9. The van der Waals surface area contributed by atoms with Gasteiger partial charge in [0.2, 0.25) is 11.8 Å². The smallest absolute Gasteiger partial charge is 0.388 e. The Labute approximate surface area is 162 Å². The van der Waals surface area contributed by atoms with Crippen molar-refractivity contribution in [3.05, 3.63) is 53.9 Å². The van der Waals surface area contributed by atoms with Crippen molar-refractivity contribution in [1.82, 2.24) is 29.7 Å². The van der Waals surface area contributed by atoms with Crippen LogP contribution in [0, 0.1) is 12.9 Å². The number of pyridine rings is 2. The summed E-state index contributed by atoms with van der Waals surface area (Å²) in [5.41, 5.74) is 2.43. The highest BCUT2D eigenvalue weighted by molar-refractivity contribution is 5.78. The summed E-state index contributed by atoms with van der Waals surface area (Å²) in [5.74, 6) is -0.0584. The first-order valence-electron chi connectivity index (χ1n) is 8.64. The second-order valence-electron chi connectivity index (χ2n) is 6.33. The molecule has 4 aromatic rings. The van der Waals surface area contributed by atoms with Crippen LogP contribution in [0.4, 0.5) is 24.8 Å². The molecule has 4 rings (SSSR count). The Morgan fingerprint density at radius 1 is 1.21 bits per heavy atom. The van der Waals surface area contributed by atoms with Gasteiger partial charge in [-0.2, -0.15) is 18.3 Å². The van der Waals surface area contributed by atoms with Gasteiger partial charge in [0.1, 0.15) is 11.3 Å². The molecule has 0 saturated heterocycles. The molecule has 0 amide bonds. The number of anilines is 2. The second kappa shape index (κ2) is 7.41. The van der Waals surface area contributed by atoms with Crippen LogP contribution < -0.4 is 10.1 Å². The van der Waals surface area contributed by atoms with Gasteiger partial charge < -0.3 is 14.6 Å². The van der Waals surface area contributed by atoms with Crippen molar-refractivity contribution in [3.63, 3.8) is 0 Å². The van der Waals surface area contributed by atoms with Gasteiger partial charge >= 0.3 is 6.61 Å². The van der Waals surface area contributed by atoms with E-state index in [1.54, 1.807) is 29.1 Å². The van der Waals surface area contributed by atoms with E-state index < -0.39 is 18.6 Å². The summed E-state index contributed by atoms with van der Waals surface area (Å²) in [6.07, 6.45) is 2.98. The third kappa shape index (κ3) is 3.71. The fourth-order valence-electron chi connectivity index (χ4n) is 3.03. The van der Waals surface area contributed by atoms with E-state index >= 15 is 0 Å². The van der Waals surface area contributed by atoms with Gasteiger partial charge in [0.15, 0.2) is 11.5 Å². The van der Waals surface area contributed by atoms with Crippen LogP contribution in [0.1, 0.15) is 24.1 Å². The molecule has 0 aliphatic carbocycles. The molecule has 0 spiro atoms. The van der Waals surface area contributed by atoms with E-state index in [0.717, 1.165) is 5.56 Å². The highest BCUT2D eigenvalue weighted by atomic mass is 19.3. The fourth-order valence-corrected chi connectivity index (χ4v) is 3.03. The zero-order valence-corrected chi connectivity index (χ0v) is 15.4. The van der Waals surface area contributed by atoms with Gasteiger partial charge in [-0.3, -0.25) is 0 Å². The molecule has 8 nitrogen and oxygen atoms in total. The minimum Gasteiger partial charge on any atom is -0.417 e. The lowest BCUT2D eigenvalue weighted by Crippen LogP contribution is -2.09. The zero-order valence-electron chi connectivity index (χ0n) is 15.4. The average Bonchev–Trinajstić information content (AvgIpc) is 3.28. The van der Waals surface area contributed by atoms with Crippen LogP contribution in [0.5, 0.6) is 5.88 Å². The molecule has 11 heteroatoms. The highest BCUT2D eigenvalue weighted by Crippen LogP contribution is 2.27. The number of hydrogen-bond donors (Lipinski definition) is 2. The fraction of sp³-hybridized carbons (Fsp3) is 0.222. The Morgan fingerprint density at radius 2 is 2.03 bits per heavy atom. The summed E-state index contributed by atoms with van der Waals surface area (Å²) in [4.78, 5) is 12.6. The van der Waals surface area contributed by atoms with Crippen molar-refractivity contribution >= 4 is 22.8 Å². The number of fused-ring (bicyclic) bond motifs is 1. The van der Waals surface area contributed by atoms with Crippen molar-refractivity contribution in [1.29, 1.82) is 0 Å². The van der Waals surface area contributed by atoms with Gasteiger partial charge in [0.25, 0.3) is 0 Å². The Hall–Kier alpha value is -3.63. The minimum absolute atomic E-state index is 0.175. The largest absolute Gasteiger partial charge is 0.417 e. The van der Waals surface area contributed by atoms with Crippen molar-refractivity contribution in [3.8, 4) is 5.88 Å².